The smallest absolute Gasteiger partial charge is 0.419 e. The number of hydrogen-bond acceptors (Lipinski definition) is 6. The molecule has 2 N–H and O–H groups in total. The van der Waals surface area contributed by atoms with Crippen molar-refractivity contribution in [2.75, 3.05) is 7.11 Å². The molecule has 2 unspecified atom stereocenters. The molecule has 2 aromatic rings. The number of ether oxygens (including phenoxy) is 3. The fraction of sp³-hybridized carbons (Fsp3) is 0.222. The van der Waals surface area contributed by atoms with Crippen LogP contribution in [0.4, 0.5) is 4.39 Å². The van der Waals surface area contributed by atoms with Gasteiger partial charge in [-0.3, -0.25) is 5.73 Å². The summed E-state index contributed by atoms with van der Waals surface area (Å²) in [7, 11) is 1.06. The summed E-state index contributed by atoms with van der Waals surface area (Å²) in [4.78, 5) is 22.5. The molecule has 0 heterocycles. The number of carbonyl (C=O) groups excluding carboxylic acids is 2. The summed E-state index contributed by atoms with van der Waals surface area (Å²) in [6.07, 6.45) is -1.80. The van der Waals surface area contributed by atoms with Crippen molar-refractivity contribution in [3.05, 3.63) is 66.0 Å². The lowest BCUT2D eigenvalue weighted by Crippen LogP contribution is -2.33. The van der Waals surface area contributed by atoms with Crippen LogP contribution >= 0.6 is 0 Å². The molecular formula is C18H18FNO5. The minimum absolute atomic E-state index is 0.0150. The van der Waals surface area contributed by atoms with Crippen molar-refractivity contribution < 1.29 is 28.2 Å². The summed E-state index contributed by atoms with van der Waals surface area (Å²) in [5, 5.41) is 0. The Bertz CT molecular complexity index is 722. The molecule has 0 saturated carbocycles. The number of nitrogens with two attached hydrogens (primary N) is 1. The standard InChI is InChI=1S/C18H18FNO5/c1-23-17(21)18(22)25-16(20)11-15(12-7-3-2-4-8-12)24-14-10-6-5-9-13(14)19/h2-10,15-16H,11,20H2,1H3. The van der Waals surface area contributed by atoms with Gasteiger partial charge >= 0.3 is 11.9 Å². The monoisotopic (exact) mass is 347 g/mol. The van der Waals surface area contributed by atoms with Crippen molar-refractivity contribution in [3.8, 4) is 5.75 Å². The second-order valence-corrected chi connectivity index (χ2v) is 5.12. The summed E-state index contributed by atoms with van der Waals surface area (Å²) in [6, 6.07) is 14.9. The van der Waals surface area contributed by atoms with Crippen molar-refractivity contribution in [2.45, 2.75) is 18.8 Å². The van der Waals surface area contributed by atoms with Crippen molar-refractivity contribution >= 4 is 11.9 Å². The van der Waals surface area contributed by atoms with Crippen molar-refractivity contribution in [1.29, 1.82) is 0 Å². The largest absolute Gasteiger partial charge is 0.482 e. The Hall–Kier alpha value is -2.93. The zero-order valence-corrected chi connectivity index (χ0v) is 13.6. The van der Waals surface area contributed by atoms with E-state index in [1.807, 2.05) is 6.07 Å². The summed E-state index contributed by atoms with van der Waals surface area (Å²) in [5.41, 5.74) is 6.49. The van der Waals surface area contributed by atoms with Crippen molar-refractivity contribution in [1.82, 2.24) is 0 Å². The van der Waals surface area contributed by atoms with E-state index in [1.54, 1.807) is 36.4 Å². The Morgan fingerprint density at radius 1 is 1.04 bits per heavy atom. The summed E-state index contributed by atoms with van der Waals surface area (Å²) in [5.74, 6) is -2.83. The number of para-hydroxylation sites is 1. The van der Waals surface area contributed by atoms with Gasteiger partial charge in [0.15, 0.2) is 17.8 Å². The molecule has 0 saturated heterocycles. The highest BCUT2D eigenvalue weighted by Gasteiger charge is 2.24. The molecule has 6 nitrogen and oxygen atoms in total. The van der Waals surface area contributed by atoms with E-state index in [4.69, 9.17) is 15.2 Å². The van der Waals surface area contributed by atoms with Crippen LogP contribution in [-0.4, -0.2) is 25.3 Å². The number of halogens is 1. The molecule has 0 aromatic heterocycles. The molecule has 0 bridgehead atoms. The zero-order valence-electron chi connectivity index (χ0n) is 13.6. The fourth-order valence-corrected chi connectivity index (χ4v) is 2.14. The SMILES string of the molecule is COC(=O)C(=O)OC(N)CC(Oc1ccccc1F)c1ccccc1. The fourth-order valence-electron chi connectivity index (χ4n) is 2.14. The van der Waals surface area contributed by atoms with Gasteiger partial charge in [-0.2, -0.15) is 0 Å². The van der Waals surface area contributed by atoms with Crippen molar-refractivity contribution in [2.24, 2.45) is 5.73 Å². The first kappa shape index (κ1) is 18.4. The second kappa shape index (κ2) is 8.79. The Morgan fingerprint density at radius 3 is 2.32 bits per heavy atom. The summed E-state index contributed by atoms with van der Waals surface area (Å²) < 4.78 is 28.6. The number of rotatable bonds is 6. The number of hydrogen-bond donors (Lipinski definition) is 1. The van der Waals surface area contributed by atoms with Crippen LogP contribution in [0.25, 0.3) is 0 Å². The Balaban J connectivity index is 2.14. The number of esters is 2. The topological polar surface area (TPSA) is 87.9 Å². The van der Waals surface area contributed by atoms with E-state index in [9.17, 15) is 14.0 Å². The Labute approximate surface area is 144 Å². The molecule has 0 amide bonds. The highest BCUT2D eigenvalue weighted by molar-refractivity contribution is 6.29. The van der Waals surface area contributed by atoms with E-state index in [0.29, 0.717) is 0 Å². The average Bonchev–Trinajstić information content (AvgIpc) is 2.62. The van der Waals surface area contributed by atoms with Gasteiger partial charge in [-0.25, -0.2) is 14.0 Å². The van der Waals surface area contributed by atoms with Gasteiger partial charge < -0.3 is 14.2 Å². The van der Waals surface area contributed by atoms with E-state index < -0.39 is 30.1 Å². The lowest BCUT2D eigenvalue weighted by atomic mass is 10.1. The lowest BCUT2D eigenvalue weighted by Gasteiger charge is -2.23. The quantitative estimate of drug-likeness (QED) is 0.490. The molecule has 0 aliphatic rings. The van der Waals surface area contributed by atoms with E-state index in [-0.39, 0.29) is 12.2 Å². The van der Waals surface area contributed by atoms with Crippen LogP contribution in [0.2, 0.25) is 0 Å². The zero-order chi connectivity index (χ0) is 18.2. The van der Waals surface area contributed by atoms with E-state index in [2.05, 4.69) is 4.74 Å². The van der Waals surface area contributed by atoms with Crippen LogP contribution in [0, 0.1) is 5.82 Å². The van der Waals surface area contributed by atoms with Gasteiger partial charge in [-0.05, 0) is 17.7 Å². The van der Waals surface area contributed by atoms with Crippen LogP contribution in [0.15, 0.2) is 54.6 Å². The van der Waals surface area contributed by atoms with Crippen LogP contribution in [0.5, 0.6) is 5.75 Å². The first-order chi connectivity index (χ1) is 12.0. The maximum atomic E-state index is 13.9. The van der Waals surface area contributed by atoms with Gasteiger partial charge in [0.05, 0.1) is 7.11 Å². The third kappa shape index (κ3) is 5.29. The van der Waals surface area contributed by atoms with E-state index in [1.165, 1.54) is 12.1 Å². The molecular weight excluding hydrogens is 329 g/mol. The molecule has 0 aliphatic carbocycles. The second-order valence-electron chi connectivity index (χ2n) is 5.12. The van der Waals surface area contributed by atoms with Crippen molar-refractivity contribution in [3.63, 3.8) is 0 Å². The minimum atomic E-state index is -1.20. The van der Waals surface area contributed by atoms with Crippen LogP contribution in [0.1, 0.15) is 18.1 Å². The first-order valence-corrected chi connectivity index (χ1v) is 7.52. The van der Waals surface area contributed by atoms with Gasteiger partial charge in [-0.1, -0.05) is 42.5 Å². The molecule has 2 atom stereocenters. The van der Waals surface area contributed by atoms with Gasteiger partial charge in [0.1, 0.15) is 6.10 Å². The molecule has 2 rings (SSSR count). The average molecular weight is 347 g/mol. The number of methoxy groups -OCH3 is 1. The highest BCUT2D eigenvalue weighted by Crippen LogP contribution is 2.27. The predicted molar refractivity (Wildman–Crippen MR) is 86.9 cm³/mol. The normalized spacial score (nSPS) is 12.8. The maximum Gasteiger partial charge on any atom is 0.419 e. The molecule has 0 radical (unpaired) electrons. The Morgan fingerprint density at radius 2 is 1.68 bits per heavy atom. The molecule has 0 spiro atoms. The predicted octanol–water partition coefficient (Wildman–Crippen LogP) is 2.34. The van der Waals surface area contributed by atoms with Gasteiger partial charge in [0, 0.05) is 6.42 Å². The van der Waals surface area contributed by atoms with Crippen LogP contribution < -0.4 is 10.5 Å². The molecule has 25 heavy (non-hydrogen) atoms. The van der Waals surface area contributed by atoms with E-state index >= 15 is 0 Å². The number of benzene rings is 2. The van der Waals surface area contributed by atoms with Crippen LogP contribution in [-0.2, 0) is 19.1 Å². The molecule has 7 heteroatoms. The van der Waals surface area contributed by atoms with E-state index in [0.717, 1.165) is 12.7 Å². The van der Waals surface area contributed by atoms with Gasteiger partial charge in [-0.15, -0.1) is 0 Å². The minimum Gasteiger partial charge on any atom is -0.482 e. The number of carbonyl (C=O) groups is 2. The van der Waals surface area contributed by atoms with Gasteiger partial charge in [0.2, 0.25) is 0 Å². The molecule has 2 aromatic carbocycles. The summed E-state index contributed by atoms with van der Waals surface area (Å²) in [6.45, 7) is 0. The molecule has 0 aliphatic heterocycles. The highest BCUT2D eigenvalue weighted by atomic mass is 19.1. The maximum absolute atomic E-state index is 13.9. The van der Waals surface area contributed by atoms with Gasteiger partial charge in [0.25, 0.3) is 0 Å². The molecule has 0 fully saturated rings. The Kier molecular flexibility index (Phi) is 6.47. The third-order valence-corrected chi connectivity index (χ3v) is 3.33. The van der Waals surface area contributed by atoms with Crippen LogP contribution in [0.3, 0.4) is 0 Å². The molecule has 132 valence electrons. The first-order valence-electron chi connectivity index (χ1n) is 7.52. The summed E-state index contributed by atoms with van der Waals surface area (Å²) >= 11 is 0. The third-order valence-electron chi connectivity index (χ3n) is 3.33. The lowest BCUT2D eigenvalue weighted by molar-refractivity contribution is -0.169.